The summed E-state index contributed by atoms with van der Waals surface area (Å²) in [4.78, 5) is 0. The smallest absolute Gasteiger partial charge is 0.417 e. The minimum atomic E-state index is -4.60. The summed E-state index contributed by atoms with van der Waals surface area (Å²) in [6, 6.07) is 12.1. The number of fused-ring (bicyclic) bond motifs is 1. The van der Waals surface area contributed by atoms with Gasteiger partial charge >= 0.3 is 6.18 Å². The molecule has 0 aromatic heterocycles. The average Bonchev–Trinajstić information content (AvgIpc) is 2.61. The van der Waals surface area contributed by atoms with Crippen LogP contribution < -0.4 is 5.32 Å². The molecule has 0 amide bonds. The molecule has 0 radical (unpaired) electrons. The summed E-state index contributed by atoms with van der Waals surface area (Å²) in [5, 5.41) is 14.8. The summed E-state index contributed by atoms with van der Waals surface area (Å²) in [6.07, 6.45) is -4.60. The number of hydrogen-bond acceptors (Lipinski definition) is 2. The molecule has 0 heterocycles. The molecule has 0 saturated heterocycles. The second kappa shape index (κ2) is 7.34. The molecule has 6 heteroatoms. The Bertz CT molecular complexity index is 1030. The molecule has 28 heavy (non-hydrogen) atoms. The quantitative estimate of drug-likeness (QED) is 0.495. The molecule has 0 spiro atoms. The highest BCUT2D eigenvalue weighted by Crippen LogP contribution is 2.38. The van der Waals surface area contributed by atoms with Crippen LogP contribution in [0.4, 0.5) is 23.2 Å². The number of halogens is 4. The number of benzene rings is 3. The first-order valence-electron chi connectivity index (χ1n) is 8.92. The van der Waals surface area contributed by atoms with Crippen LogP contribution in [0.1, 0.15) is 35.1 Å². The van der Waals surface area contributed by atoms with Crippen LogP contribution in [-0.4, -0.2) is 11.7 Å². The maximum Gasteiger partial charge on any atom is 0.417 e. The molecule has 1 atom stereocenters. The molecule has 3 aromatic rings. The molecule has 2 N–H and O–H groups in total. The fraction of sp³-hybridized carbons (Fsp3) is 0.273. The second-order valence-electron chi connectivity index (χ2n) is 7.09. The van der Waals surface area contributed by atoms with Crippen LogP contribution in [0, 0.1) is 19.7 Å². The zero-order chi connectivity index (χ0) is 20.6. The van der Waals surface area contributed by atoms with Crippen molar-refractivity contribution in [1.82, 2.24) is 0 Å². The molecular formula is C22H21F4NO. The van der Waals surface area contributed by atoms with E-state index in [0.717, 1.165) is 23.3 Å². The number of rotatable bonds is 4. The van der Waals surface area contributed by atoms with Crippen molar-refractivity contribution in [2.24, 2.45) is 0 Å². The Hall–Kier alpha value is -2.76. The van der Waals surface area contributed by atoms with E-state index >= 15 is 0 Å². The van der Waals surface area contributed by atoms with Crippen LogP contribution >= 0.6 is 0 Å². The predicted octanol–water partition coefficient (Wildman–Crippen LogP) is 6.54. The molecule has 148 valence electrons. The number of aromatic hydroxyl groups is 1. The number of alkyl halides is 3. The zero-order valence-corrected chi connectivity index (χ0v) is 15.8. The Morgan fingerprint density at radius 2 is 1.75 bits per heavy atom. The number of nitrogens with one attached hydrogen (secondary N) is 1. The highest BCUT2D eigenvalue weighted by atomic mass is 19.4. The van der Waals surface area contributed by atoms with E-state index in [1.54, 1.807) is 12.1 Å². The van der Waals surface area contributed by atoms with Gasteiger partial charge in [-0.1, -0.05) is 31.2 Å². The van der Waals surface area contributed by atoms with E-state index in [9.17, 15) is 22.7 Å². The van der Waals surface area contributed by atoms with Crippen molar-refractivity contribution in [2.45, 2.75) is 32.9 Å². The van der Waals surface area contributed by atoms with E-state index in [-0.39, 0.29) is 22.9 Å². The Morgan fingerprint density at radius 1 is 1.07 bits per heavy atom. The summed E-state index contributed by atoms with van der Waals surface area (Å²) in [5.41, 5.74) is -0.444. The lowest BCUT2D eigenvalue weighted by Crippen LogP contribution is -2.15. The average molecular weight is 391 g/mol. The molecule has 0 aliphatic heterocycles. The van der Waals surface area contributed by atoms with Crippen LogP contribution in [-0.2, 0) is 6.18 Å². The Balaban J connectivity index is 1.89. The molecule has 0 aliphatic rings. The van der Waals surface area contributed by atoms with Crippen molar-refractivity contribution in [2.75, 3.05) is 11.9 Å². The van der Waals surface area contributed by atoms with Gasteiger partial charge in [0.2, 0.25) is 0 Å². The van der Waals surface area contributed by atoms with Gasteiger partial charge in [0.15, 0.2) is 0 Å². The standard InChI is InChI=1S/C22H21F4NO/c1-12-8-19(21(23)14(3)20(12)22(24,25)26)27-11-13(2)18-10-16(28)9-15-6-4-5-7-17(15)18/h4-10,13,27-28H,11H2,1-3H3. The van der Waals surface area contributed by atoms with Gasteiger partial charge in [-0.2, -0.15) is 13.2 Å². The summed E-state index contributed by atoms with van der Waals surface area (Å²) in [7, 11) is 0. The van der Waals surface area contributed by atoms with Crippen molar-refractivity contribution >= 4 is 16.5 Å². The number of hydrogen-bond donors (Lipinski definition) is 2. The maximum absolute atomic E-state index is 14.5. The highest BCUT2D eigenvalue weighted by Gasteiger charge is 2.36. The van der Waals surface area contributed by atoms with Gasteiger partial charge in [0.05, 0.1) is 11.3 Å². The molecule has 0 aliphatic carbocycles. The van der Waals surface area contributed by atoms with Gasteiger partial charge in [-0.25, -0.2) is 4.39 Å². The first kappa shape index (κ1) is 20.0. The van der Waals surface area contributed by atoms with Gasteiger partial charge in [0.25, 0.3) is 0 Å². The summed E-state index contributed by atoms with van der Waals surface area (Å²) >= 11 is 0. The summed E-state index contributed by atoms with van der Waals surface area (Å²) in [5.74, 6) is -0.877. The normalized spacial score (nSPS) is 13.0. The summed E-state index contributed by atoms with van der Waals surface area (Å²) in [6.45, 7) is 4.68. The van der Waals surface area contributed by atoms with E-state index in [2.05, 4.69) is 5.32 Å². The molecule has 0 fully saturated rings. The predicted molar refractivity (Wildman–Crippen MR) is 103 cm³/mol. The van der Waals surface area contributed by atoms with Gasteiger partial charge in [0.1, 0.15) is 11.6 Å². The largest absolute Gasteiger partial charge is 0.508 e. The monoisotopic (exact) mass is 391 g/mol. The molecule has 0 saturated carbocycles. The lowest BCUT2D eigenvalue weighted by molar-refractivity contribution is -0.138. The van der Waals surface area contributed by atoms with E-state index in [0.29, 0.717) is 6.54 Å². The van der Waals surface area contributed by atoms with Crippen LogP contribution in [0.25, 0.3) is 10.8 Å². The number of aryl methyl sites for hydroxylation is 1. The Kier molecular flexibility index (Phi) is 5.24. The first-order chi connectivity index (χ1) is 13.1. The number of anilines is 1. The van der Waals surface area contributed by atoms with E-state index in [1.165, 1.54) is 13.0 Å². The highest BCUT2D eigenvalue weighted by molar-refractivity contribution is 5.87. The molecule has 2 nitrogen and oxygen atoms in total. The number of phenolic OH excluding ortho intramolecular Hbond substituents is 1. The van der Waals surface area contributed by atoms with Gasteiger partial charge in [-0.15, -0.1) is 0 Å². The fourth-order valence-corrected chi connectivity index (χ4v) is 3.63. The van der Waals surface area contributed by atoms with E-state index < -0.39 is 23.1 Å². The van der Waals surface area contributed by atoms with Gasteiger partial charge in [0, 0.05) is 6.54 Å². The van der Waals surface area contributed by atoms with Crippen LogP contribution in [0.15, 0.2) is 42.5 Å². The lowest BCUT2D eigenvalue weighted by Gasteiger charge is -2.20. The van der Waals surface area contributed by atoms with Crippen molar-refractivity contribution in [3.8, 4) is 5.75 Å². The third-order valence-electron chi connectivity index (χ3n) is 4.99. The molecule has 3 aromatic carbocycles. The first-order valence-corrected chi connectivity index (χ1v) is 8.92. The van der Waals surface area contributed by atoms with Crippen LogP contribution in [0.2, 0.25) is 0 Å². The minimum Gasteiger partial charge on any atom is -0.508 e. The number of phenols is 1. The van der Waals surface area contributed by atoms with Gasteiger partial charge in [-0.05, 0) is 65.4 Å². The van der Waals surface area contributed by atoms with Crippen LogP contribution in [0.3, 0.4) is 0 Å². The van der Waals surface area contributed by atoms with Crippen molar-refractivity contribution < 1.29 is 22.7 Å². The molecule has 0 bridgehead atoms. The second-order valence-corrected chi connectivity index (χ2v) is 7.09. The van der Waals surface area contributed by atoms with Crippen LogP contribution in [0.5, 0.6) is 5.75 Å². The Morgan fingerprint density at radius 3 is 2.43 bits per heavy atom. The van der Waals surface area contributed by atoms with E-state index in [4.69, 9.17) is 0 Å². The van der Waals surface area contributed by atoms with Crippen molar-refractivity contribution in [3.63, 3.8) is 0 Å². The van der Waals surface area contributed by atoms with Crippen molar-refractivity contribution in [3.05, 3.63) is 70.5 Å². The SMILES string of the molecule is Cc1cc(NCC(C)c2cc(O)cc3ccccc23)c(F)c(C)c1C(F)(F)F. The molecule has 1 unspecified atom stereocenters. The Labute approximate surface area is 160 Å². The van der Waals surface area contributed by atoms with Gasteiger partial charge in [-0.3, -0.25) is 0 Å². The topological polar surface area (TPSA) is 32.3 Å². The fourth-order valence-electron chi connectivity index (χ4n) is 3.63. The van der Waals surface area contributed by atoms with Gasteiger partial charge < -0.3 is 10.4 Å². The zero-order valence-electron chi connectivity index (χ0n) is 15.8. The van der Waals surface area contributed by atoms with Crippen molar-refractivity contribution in [1.29, 1.82) is 0 Å². The summed E-state index contributed by atoms with van der Waals surface area (Å²) < 4.78 is 53.9. The lowest BCUT2D eigenvalue weighted by atomic mass is 9.94. The third kappa shape index (κ3) is 3.77. The minimum absolute atomic E-state index is 0.0237. The molecular weight excluding hydrogens is 370 g/mol. The molecule has 3 rings (SSSR count). The third-order valence-corrected chi connectivity index (χ3v) is 4.99. The maximum atomic E-state index is 14.5. The van der Waals surface area contributed by atoms with E-state index in [1.807, 2.05) is 31.2 Å².